The lowest BCUT2D eigenvalue weighted by molar-refractivity contribution is -0.119. The number of para-hydroxylation sites is 1. The minimum Gasteiger partial charge on any atom is -0.390 e. The zero-order valence-corrected chi connectivity index (χ0v) is 15.9. The molecule has 0 fully saturated rings. The first-order chi connectivity index (χ1) is 12.8. The molecule has 0 aromatic heterocycles. The van der Waals surface area contributed by atoms with E-state index >= 15 is 0 Å². The van der Waals surface area contributed by atoms with Crippen LogP contribution in [-0.2, 0) is 9.59 Å². The Kier molecular flexibility index (Phi) is 7.34. The first-order valence-corrected chi connectivity index (χ1v) is 9.02. The molecule has 4 amide bonds. The molecule has 0 unspecified atom stereocenters. The second-order valence-corrected chi connectivity index (χ2v) is 6.88. The van der Waals surface area contributed by atoms with Gasteiger partial charge in [-0.2, -0.15) is 0 Å². The van der Waals surface area contributed by atoms with Crippen LogP contribution in [0, 0.1) is 0 Å². The smallest absolute Gasteiger partial charge is 0.319 e. The van der Waals surface area contributed by atoms with Gasteiger partial charge in [0.15, 0.2) is 0 Å². The van der Waals surface area contributed by atoms with Crippen LogP contribution in [0.15, 0.2) is 40.4 Å². The van der Waals surface area contributed by atoms with Crippen molar-refractivity contribution in [2.45, 2.75) is 31.1 Å². The molecule has 0 saturated heterocycles. The Morgan fingerprint density at radius 2 is 1.93 bits per heavy atom. The SMILES string of the molecule is NC(=O)CCNC(=O)C1=C[C@@H](NC(=O)Nc2ccccc2Br)[C@@H](O)[C@H](O)C1. The molecule has 1 aliphatic rings. The van der Waals surface area contributed by atoms with Crippen molar-refractivity contribution in [3.05, 3.63) is 40.4 Å². The summed E-state index contributed by atoms with van der Waals surface area (Å²) in [7, 11) is 0. The number of nitrogens with two attached hydrogens (primary N) is 1. The summed E-state index contributed by atoms with van der Waals surface area (Å²) in [6.07, 6.45) is -1.19. The van der Waals surface area contributed by atoms with E-state index in [1.807, 2.05) is 0 Å². The molecule has 9 nitrogen and oxygen atoms in total. The van der Waals surface area contributed by atoms with Crippen molar-refractivity contribution in [1.82, 2.24) is 10.6 Å². The minimum absolute atomic E-state index is 0.0137. The van der Waals surface area contributed by atoms with Gasteiger partial charge in [0.1, 0.15) is 6.10 Å². The van der Waals surface area contributed by atoms with Gasteiger partial charge >= 0.3 is 6.03 Å². The largest absolute Gasteiger partial charge is 0.390 e. The molecule has 0 heterocycles. The molecular weight excluding hydrogens is 420 g/mol. The van der Waals surface area contributed by atoms with Crippen LogP contribution < -0.4 is 21.7 Å². The summed E-state index contributed by atoms with van der Waals surface area (Å²) in [6.45, 7) is 0.0603. The van der Waals surface area contributed by atoms with Crippen LogP contribution in [-0.4, -0.2) is 52.9 Å². The third-order valence-corrected chi connectivity index (χ3v) is 4.63. The van der Waals surface area contributed by atoms with Crippen LogP contribution in [0.3, 0.4) is 0 Å². The molecule has 3 atom stereocenters. The fourth-order valence-corrected chi connectivity index (χ4v) is 2.93. The van der Waals surface area contributed by atoms with Crippen molar-refractivity contribution in [3.63, 3.8) is 0 Å². The Hall–Kier alpha value is -2.43. The van der Waals surface area contributed by atoms with Gasteiger partial charge in [-0.15, -0.1) is 0 Å². The van der Waals surface area contributed by atoms with Crippen LogP contribution in [0.5, 0.6) is 0 Å². The first-order valence-electron chi connectivity index (χ1n) is 8.23. The third kappa shape index (κ3) is 6.05. The number of aliphatic hydroxyl groups excluding tert-OH is 2. The van der Waals surface area contributed by atoms with E-state index in [2.05, 4.69) is 31.9 Å². The van der Waals surface area contributed by atoms with E-state index in [4.69, 9.17) is 5.73 Å². The van der Waals surface area contributed by atoms with Gasteiger partial charge in [-0.25, -0.2) is 4.79 Å². The summed E-state index contributed by atoms with van der Waals surface area (Å²) in [5, 5.41) is 27.8. The standard InChI is InChI=1S/C17H21BrN4O5/c18-10-3-1-2-4-11(10)21-17(27)22-12-7-9(8-13(23)15(12)25)16(26)20-6-5-14(19)24/h1-4,7,12-13,15,23,25H,5-6,8H2,(H2,19,24)(H,20,26)(H2,21,22,27)/t12-,13-,15-/m1/s1. The fraction of sp³-hybridized carbons (Fsp3) is 0.353. The Balaban J connectivity index is 2.02. The zero-order chi connectivity index (χ0) is 20.0. The zero-order valence-electron chi connectivity index (χ0n) is 14.3. The predicted octanol–water partition coefficient (Wildman–Crippen LogP) is -0.0173. The number of carbonyl (C=O) groups is 3. The van der Waals surface area contributed by atoms with Crippen molar-refractivity contribution in [2.75, 3.05) is 11.9 Å². The van der Waals surface area contributed by atoms with E-state index in [0.717, 1.165) is 0 Å². The number of nitrogens with one attached hydrogen (secondary N) is 3. The Bertz CT molecular complexity index is 755. The maximum Gasteiger partial charge on any atom is 0.319 e. The number of benzene rings is 1. The van der Waals surface area contributed by atoms with Crippen LogP contribution in [0.1, 0.15) is 12.8 Å². The van der Waals surface area contributed by atoms with Gasteiger partial charge < -0.3 is 31.9 Å². The third-order valence-electron chi connectivity index (χ3n) is 3.94. The highest BCUT2D eigenvalue weighted by molar-refractivity contribution is 9.10. The van der Waals surface area contributed by atoms with Gasteiger partial charge in [-0.1, -0.05) is 18.2 Å². The Labute approximate surface area is 164 Å². The van der Waals surface area contributed by atoms with Gasteiger partial charge in [0, 0.05) is 29.4 Å². The Morgan fingerprint density at radius 1 is 1.22 bits per heavy atom. The van der Waals surface area contributed by atoms with Gasteiger partial charge in [-0.05, 0) is 28.1 Å². The van der Waals surface area contributed by atoms with Crippen LogP contribution in [0.4, 0.5) is 10.5 Å². The van der Waals surface area contributed by atoms with Crippen molar-refractivity contribution < 1.29 is 24.6 Å². The van der Waals surface area contributed by atoms with E-state index in [-0.39, 0.29) is 25.0 Å². The first kappa shape index (κ1) is 20.9. The molecule has 10 heteroatoms. The highest BCUT2D eigenvalue weighted by atomic mass is 79.9. The maximum atomic E-state index is 12.2. The normalized spacial score (nSPS) is 21.7. The van der Waals surface area contributed by atoms with E-state index in [0.29, 0.717) is 10.2 Å². The predicted molar refractivity (Wildman–Crippen MR) is 102 cm³/mol. The molecule has 0 radical (unpaired) electrons. The Morgan fingerprint density at radius 3 is 2.59 bits per heavy atom. The molecule has 2 rings (SSSR count). The van der Waals surface area contributed by atoms with E-state index in [1.54, 1.807) is 24.3 Å². The number of primary amides is 1. The fourth-order valence-electron chi connectivity index (χ4n) is 2.55. The molecule has 0 bridgehead atoms. The van der Waals surface area contributed by atoms with E-state index < -0.39 is 36.1 Å². The second-order valence-electron chi connectivity index (χ2n) is 6.03. The van der Waals surface area contributed by atoms with Gasteiger partial charge in [-0.3, -0.25) is 9.59 Å². The molecule has 146 valence electrons. The number of halogens is 1. The topological polar surface area (TPSA) is 154 Å². The molecular formula is C17H21BrN4O5. The molecule has 0 aliphatic heterocycles. The van der Waals surface area contributed by atoms with Crippen molar-refractivity contribution in [3.8, 4) is 0 Å². The number of amides is 4. The number of hydrogen-bond donors (Lipinski definition) is 6. The van der Waals surface area contributed by atoms with E-state index in [9.17, 15) is 24.6 Å². The maximum absolute atomic E-state index is 12.2. The van der Waals surface area contributed by atoms with E-state index in [1.165, 1.54) is 6.08 Å². The summed E-state index contributed by atoms with van der Waals surface area (Å²) in [6, 6.07) is 5.40. The van der Waals surface area contributed by atoms with Crippen LogP contribution >= 0.6 is 15.9 Å². The average molecular weight is 441 g/mol. The quantitative estimate of drug-likeness (QED) is 0.366. The lowest BCUT2D eigenvalue weighted by atomic mass is 9.90. The van der Waals surface area contributed by atoms with Crippen LogP contribution in [0.2, 0.25) is 0 Å². The number of aliphatic hydroxyl groups is 2. The summed E-state index contributed by atoms with van der Waals surface area (Å²) < 4.78 is 0.675. The van der Waals surface area contributed by atoms with Gasteiger partial charge in [0.25, 0.3) is 0 Å². The van der Waals surface area contributed by atoms with Crippen molar-refractivity contribution in [2.24, 2.45) is 5.73 Å². The summed E-state index contributed by atoms with van der Waals surface area (Å²) in [5.74, 6) is -1.05. The average Bonchev–Trinajstić information content (AvgIpc) is 2.60. The highest BCUT2D eigenvalue weighted by Crippen LogP contribution is 2.22. The molecule has 0 spiro atoms. The minimum atomic E-state index is -1.27. The summed E-state index contributed by atoms with van der Waals surface area (Å²) >= 11 is 3.30. The summed E-state index contributed by atoms with van der Waals surface area (Å²) in [5.41, 5.74) is 5.73. The number of urea groups is 1. The number of carbonyl (C=O) groups excluding carboxylic acids is 3. The van der Waals surface area contributed by atoms with Crippen molar-refractivity contribution >= 4 is 39.5 Å². The molecule has 7 N–H and O–H groups in total. The lowest BCUT2D eigenvalue weighted by Gasteiger charge is -2.31. The monoisotopic (exact) mass is 440 g/mol. The molecule has 1 aromatic carbocycles. The molecule has 1 aromatic rings. The van der Waals surface area contributed by atoms with Gasteiger partial charge in [0.05, 0.1) is 17.8 Å². The van der Waals surface area contributed by atoms with Crippen LogP contribution in [0.25, 0.3) is 0 Å². The molecule has 0 saturated carbocycles. The molecule has 27 heavy (non-hydrogen) atoms. The van der Waals surface area contributed by atoms with Gasteiger partial charge in [0.2, 0.25) is 11.8 Å². The highest BCUT2D eigenvalue weighted by Gasteiger charge is 2.33. The number of hydrogen-bond acceptors (Lipinski definition) is 5. The summed E-state index contributed by atoms with van der Waals surface area (Å²) in [4.78, 5) is 35.1. The number of rotatable bonds is 6. The molecule has 1 aliphatic carbocycles. The number of anilines is 1. The lowest BCUT2D eigenvalue weighted by Crippen LogP contribution is -2.52. The second kappa shape index (κ2) is 9.49. The van der Waals surface area contributed by atoms with Crippen molar-refractivity contribution in [1.29, 1.82) is 0 Å².